The van der Waals surface area contributed by atoms with Crippen LogP contribution >= 0.6 is 0 Å². The van der Waals surface area contributed by atoms with Crippen molar-refractivity contribution >= 4 is 11.9 Å². The zero-order valence-corrected chi connectivity index (χ0v) is 20.8. The summed E-state index contributed by atoms with van der Waals surface area (Å²) in [7, 11) is 1.31. The fourth-order valence-electron chi connectivity index (χ4n) is 5.76. The molecule has 3 aliphatic rings. The molecule has 3 aromatic rings. The van der Waals surface area contributed by atoms with E-state index < -0.39 is 17.7 Å². The van der Waals surface area contributed by atoms with Gasteiger partial charge in [0.05, 0.1) is 25.4 Å². The number of hydrogen-bond acceptors (Lipinski definition) is 8. The Morgan fingerprint density at radius 1 is 1.11 bits per heavy atom. The van der Waals surface area contributed by atoms with Gasteiger partial charge in [-0.1, -0.05) is 23.4 Å². The van der Waals surface area contributed by atoms with Crippen LogP contribution in [0, 0.1) is 0 Å². The highest BCUT2D eigenvalue weighted by molar-refractivity contribution is 5.87. The predicted octanol–water partition coefficient (Wildman–Crippen LogP) is 5.53. The lowest BCUT2D eigenvalue weighted by molar-refractivity contribution is -0.137. The van der Waals surface area contributed by atoms with E-state index in [1.165, 1.54) is 25.3 Å². The highest BCUT2D eigenvalue weighted by Crippen LogP contribution is 2.46. The van der Waals surface area contributed by atoms with Crippen molar-refractivity contribution in [3.63, 3.8) is 0 Å². The SMILES string of the molecule is COC(=O)c1ccnc(N2[C@@H]3CC[C@H]2CC(OCc2c(-c4ccccc4C(F)(F)F)noc2C2CC2)C3)n1. The molecule has 6 rings (SSSR count). The average molecular weight is 529 g/mol. The summed E-state index contributed by atoms with van der Waals surface area (Å²) >= 11 is 0. The first-order valence-electron chi connectivity index (χ1n) is 12.8. The van der Waals surface area contributed by atoms with Gasteiger partial charge >= 0.3 is 12.1 Å². The molecule has 2 aromatic heterocycles. The lowest BCUT2D eigenvalue weighted by atomic mass is 9.98. The number of carbonyl (C=O) groups excluding carboxylic acids is 1. The fourth-order valence-corrected chi connectivity index (χ4v) is 5.76. The number of halogens is 3. The summed E-state index contributed by atoms with van der Waals surface area (Å²) in [5, 5.41) is 4.09. The Labute approximate surface area is 217 Å². The van der Waals surface area contributed by atoms with Gasteiger partial charge in [-0.25, -0.2) is 14.8 Å². The molecule has 0 N–H and O–H groups in total. The molecule has 1 saturated carbocycles. The van der Waals surface area contributed by atoms with Crippen LogP contribution in [0.1, 0.15) is 71.8 Å². The van der Waals surface area contributed by atoms with E-state index in [1.54, 1.807) is 12.3 Å². The van der Waals surface area contributed by atoms with E-state index in [2.05, 4.69) is 20.0 Å². The quantitative estimate of drug-likeness (QED) is 0.370. The van der Waals surface area contributed by atoms with Gasteiger partial charge < -0.3 is 18.9 Å². The number of alkyl halides is 3. The van der Waals surface area contributed by atoms with Crippen molar-refractivity contribution in [2.45, 2.75) is 75.4 Å². The number of piperidine rings is 1. The lowest BCUT2D eigenvalue weighted by Crippen LogP contribution is -2.46. The first-order valence-corrected chi connectivity index (χ1v) is 12.8. The molecule has 8 nitrogen and oxygen atoms in total. The van der Waals surface area contributed by atoms with Crippen molar-refractivity contribution in [2.75, 3.05) is 12.0 Å². The van der Waals surface area contributed by atoms with Crippen LogP contribution in [0.15, 0.2) is 41.1 Å². The molecule has 0 amide bonds. The Kier molecular flexibility index (Phi) is 6.33. The highest BCUT2D eigenvalue weighted by atomic mass is 19.4. The summed E-state index contributed by atoms with van der Waals surface area (Å²) in [5.74, 6) is 0.790. The molecule has 3 fully saturated rings. The molecule has 0 spiro atoms. The van der Waals surface area contributed by atoms with Gasteiger partial charge in [0.15, 0.2) is 5.69 Å². The van der Waals surface area contributed by atoms with Crippen LogP contribution in [-0.2, 0) is 22.3 Å². The van der Waals surface area contributed by atoms with Crippen molar-refractivity contribution in [2.24, 2.45) is 0 Å². The number of ether oxygens (including phenoxy) is 2. The molecule has 2 bridgehead atoms. The maximum absolute atomic E-state index is 13.7. The topological polar surface area (TPSA) is 90.6 Å². The largest absolute Gasteiger partial charge is 0.464 e. The van der Waals surface area contributed by atoms with Crippen LogP contribution in [0.25, 0.3) is 11.3 Å². The van der Waals surface area contributed by atoms with E-state index >= 15 is 0 Å². The van der Waals surface area contributed by atoms with E-state index in [1.807, 2.05) is 0 Å². The average Bonchev–Trinajstić information content (AvgIpc) is 3.62. The van der Waals surface area contributed by atoms with Gasteiger partial charge in [-0.15, -0.1) is 0 Å². The summed E-state index contributed by atoms with van der Waals surface area (Å²) in [6.45, 7) is 0.134. The summed E-state index contributed by atoms with van der Waals surface area (Å²) in [6.07, 6.45) is 2.16. The second-order valence-electron chi connectivity index (χ2n) is 10.1. The minimum Gasteiger partial charge on any atom is -0.464 e. The van der Waals surface area contributed by atoms with Gasteiger partial charge in [-0.3, -0.25) is 0 Å². The first-order chi connectivity index (χ1) is 18.3. The monoisotopic (exact) mass is 528 g/mol. The highest BCUT2D eigenvalue weighted by Gasteiger charge is 2.43. The molecule has 4 heterocycles. The van der Waals surface area contributed by atoms with Crippen LogP contribution in [0.3, 0.4) is 0 Å². The molecule has 38 heavy (non-hydrogen) atoms. The summed E-state index contributed by atoms with van der Waals surface area (Å²) in [4.78, 5) is 22.9. The molecule has 11 heteroatoms. The number of benzene rings is 1. The number of hydrogen-bond donors (Lipinski definition) is 0. The van der Waals surface area contributed by atoms with Crippen molar-refractivity contribution < 1.29 is 32.0 Å². The second kappa shape index (κ2) is 9.68. The lowest BCUT2D eigenvalue weighted by Gasteiger charge is -2.38. The van der Waals surface area contributed by atoms with Crippen LogP contribution in [0.5, 0.6) is 0 Å². The number of esters is 1. The van der Waals surface area contributed by atoms with E-state index in [4.69, 9.17) is 14.0 Å². The molecule has 1 aliphatic carbocycles. The van der Waals surface area contributed by atoms with Crippen molar-refractivity contribution in [1.29, 1.82) is 0 Å². The summed E-state index contributed by atoms with van der Waals surface area (Å²) in [5.41, 5.74) is 0.285. The number of carbonyl (C=O) groups is 1. The normalized spacial score (nSPS) is 23.1. The smallest absolute Gasteiger partial charge is 0.417 e. The number of rotatable bonds is 7. The molecule has 200 valence electrons. The van der Waals surface area contributed by atoms with Gasteiger partial charge in [0.25, 0.3) is 0 Å². The molecule has 2 aliphatic heterocycles. The zero-order chi connectivity index (χ0) is 26.4. The van der Waals surface area contributed by atoms with Gasteiger partial charge in [-0.05, 0) is 50.7 Å². The Bertz CT molecular complexity index is 1330. The van der Waals surface area contributed by atoms with E-state index in [0.29, 0.717) is 17.3 Å². The van der Waals surface area contributed by atoms with Crippen LogP contribution < -0.4 is 4.90 Å². The van der Waals surface area contributed by atoms with E-state index in [0.717, 1.165) is 44.6 Å². The van der Waals surface area contributed by atoms with Gasteiger partial charge in [0.1, 0.15) is 11.5 Å². The number of nitrogens with zero attached hydrogens (tertiary/aromatic N) is 4. The van der Waals surface area contributed by atoms with E-state index in [9.17, 15) is 18.0 Å². The van der Waals surface area contributed by atoms with Gasteiger partial charge in [0, 0.05) is 35.3 Å². The van der Waals surface area contributed by atoms with Crippen molar-refractivity contribution in [3.05, 3.63) is 59.1 Å². The third kappa shape index (κ3) is 4.63. The molecular weight excluding hydrogens is 501 g/mol. The molecule has 3 atom stereocenters. The molecule has 1 aromatic carbocycles. The third-order valence-electron chi connectivity index (χ3n) is 7.68. The second-order valence-corrected chi connectivity index (χ2v) is 10.1. The maximum Gasteiger partial charge on any atom is 0.417 e. The molecule has 1 unspecified atom stereocenters. The standard InChI is InChI=1S/C27H27F3N4O4/c1-36-25(35)22-10-11-31-26(32-22)34-16-8-9-17(34)13-18(12-16)37-14-20-23(33-38-24(20)15-6-7-15)19-4-2-3-5-21(19)27(28,29)30/h2-5,10-11,15-18H,6-9,12-14H2,1H3/t16-,17+,18?. The minimum atomic E-state index is -4.51. The number of anilines is 1. The van der Waals surface area contributed by atoms with E-state index in [-0.39, 0.29) is 47.7 Å². The Morgan fingerprint density at radius 2 is 1.84 bits per heavy atom. The van der Waals surface area contributed by atoms with Crippen LogP contribution in [0.2, 0.25) is 0 Å². The summed E-state index contributed by atoms with van der Waals surface area (Å²) < 4.78 is 58.0. The molecule has 0 radical (unpaired) electrons. The Balaban J connectivity index is 1.21. The third-order valence-corrected chi connectivity index (χ3v) is 7.68. The molecule has 2 saturated heterocycles. The fraction of sp³-hybridized carbons (Fsp3) is 0.481. The first kappa shape index (κ1) is 24.8. The van der Waals surface area contributed by atoms with Crippen molar-refractivity contribution in [3.8, 4) is 11.3 Å². The van der Waals surface area contributed by atoms with Gasteiger partial charge in [0.2, 0.25) is 5.95 Å². The summed E-state index contributed by atoms with van der Waals surface area (Å²) in [6, 6.07) is 7.25. The molecular formula is C27H27F3N4O4. The number of fused-ring (bicyclic) bond motifs is 2. The minimum absolute atomic E-state index is 0.00627. The Hall–Kier alpha value is -3.47. The maximum atomic E-state index is 13.7. The van der Waals surface area contributed by atoms with Crippen molar-refractivity contribution in [1.82, 2.24) is 15.1 Å². The number of methoxy groups -OCH3 is 1. The van der Waals surface area contributed by atoms with Crippen LogP contribution in [0.4, 0.5) is 19.1 Å². The number of aromatic nitrogens is 3. The van der Waals surface area contributed by atoms with Crippen LogP contribution in [-0.4, -0.2) is 46.4 Å². The predicted molar refractivity (Wildman–Crippen MR) is 129 cm³/mol. The Morgan fingerprint density at radius 3 is 2.53 bits per heavy atom. The zero-order valence-electron chi connectivity index (χ0n) is 20.8. The van der Waals surface area contributed by atoms with Gasteiger partial charge in [-0.2, -0.15) is 13.2 Å².